The fourth-order valence-corrected chi connectivity index (χ4v) is 5.53. The van der Waals surface area contributed by atoms with E-state index in [1.54, 1.807) is 4.90 Å². The van der Waals surface area contributed by atoms with Gasteiger partial charge in [-0.25, -0.2) is 4.98 Å². The van der Waals surface area contributed by atoms with Gasteiger partial charge in [0.1, 0.15) is 11.5 Å². The SMILES string of the molecule is Cc1ccc(C2=C(N3CCN(c4ccccn4)CC3)C(=O)N(C3CCCCCCC3)C2=O)cc1. The summed E-state index contributed by atoms with van der Waals surface area (Å²) in [4.78, 5) is 38.2. The predicted octanol–water partition coefficient (Wildman–Crippen LogP) is 4.41. The minimum Gasteiger partial charge on any atom is -0.363 e. The molecule has 178 valence electrons. The molecule has 0 atom stereocenters. The molecule has 2 aromatic rings. The molecule has 2 fully saturated rings. The fraction of sp³-hybridized carbons (Fsp3) is 0.464. The molecule has 0 unspecified atom stereocenters. The van der Waals surface area contributed by atoms with Crippen LogP contribution in [0.15, 0.2) is 54.4 Å². The number of benzene rings is 1. The number of carbonyl (C=O) groups excluding carboxylic acids is 2. The second kappa shape index (κ2) is 10.00. The van der Waals surface area contributed by atoms with Crippen LogP contribution in [0.1, 0.15) is 56.1 Å². The van der Waals surface area contributed by atoms with E-state index in [0.29, 0.717) is 24.4 Å². The number of aryl methyl sites for hydroxylation is 1. The van der Waals surface area contributed by atoms with Gasteiger partial charge in [0.05, 0.1) is 5.57 Å². The number of anilines is 1. The molecule has 2 aliphatic heterocycles. The molecule has 6 heteroatoms. The lowest BCUT2D eigenvalue weighted by atomic mass is 9.95. The molecule has 0 N–H and O–H groups in total. The third-order valence-electron chi connectivity index (χ3n) is 7.44. The Morgan fingerprint density at radius 3 is 2.06 bits per heavy atom. The topological polar surface area (TPSA) is 56.8 Å². The Hall–Kier alpha value is -3.15. The van der Waals surface area contributed by atoms with E-state index in [9.17, 15) is 9.59 Å². The summed E-state index contributed by atoms with van der Waals surface area (Å²) in [6, 6.07) is 14.0. The molecule has 3 aliphatic rings. The fourth-order valence-electron chi connectivity index (χ4n) is 5.53. The van der Waals surface area contributed by atoms with Gasteiger partial charge >= 0.3 is 0 Å². The van der Waals surface area contributed by atoms with Crippen LogP contribution in [0.25, 0.3) is 5.57 Å². The maximum Gasteiger partial charge on any atom is 0.278 e. The standard InChI is InChI=1S/C28H34N4O2/c1-21-12-14-22(15-13-21)25-26(31-19-17-30(18-20-31)24-11-7-8-16-29-24)28(34)32(27(25)33)23-9-5-3-2-4-6-10-23/h7-8,11-16,23H,2-6,9-10,17-20H2,1H3. The Bertz CT molecular complexity index is 1050. The van der Waals surface area contributed by atoms with Gasteiger partial charge in [-0.1, -0.05) is 68.0 Å². The van der Waals surface area contributed by atoms with Crippen molar-refractivity contribution in [2.24, 2.45) is 0 Å². The number of nitrogens with zero attached hydrogens (tertiary/aromatic N) is 4. The van der Waals surface area contributed by atoms with Gasteiger partial charge in [-0.3, -0.25) is 14.5 Å². The van der Waals surface area contributed by atoms with Gasteiger partial charge in [0.15, 0.2) is 0 Å². The van der Waals surface area contributed by atoms with Crippen molar-refractivity contribution >= 4 is 23.2 Å². The number of carbonyl (C=O) groups is 2. The average Bonchev–Trinajstić information content (AvgIpc) is 3.10. The third kappa shape index (κ3) is 4.46. The highest BCUT2D eigenvalue weighted by Crippen LogP contribution is 2.36. The Kier molecular flexibility index (Phi) is 6.66. The summed E-state index contributed by atoms with van der Waals surface area (Å²) < 4.78 is 0. The number of hydrogen-bond acceptors (Lipinski definition) is 5. The lowest BCUT2D eigenvalue weighted by molar-refractivity contribution is -0.140. The molecule has 3 heterocycles. The van der Waals surface area contributed by atoms with Gasteiger partial charge in [-0.2, -0.15) is 0 Å². The van der Waals surface area contributed by atoms with E-state index in [4.69, 9.17) is 0 Å². The molecule has 5 rings (SSSR count). The van der Waals surface area contributed by atoms with Crippen molar-refractivity contribution < 1.29 is 9.59 Å². The van der Waals surface area contributed by atoms with Gasteiger partial charge in [-0.05, 0) is 37.5 Å². The van der Waals surface area contributed by atoms with E-state index in [-0.39, 0.29) is 17.9 Å². The van der Waals surface area contributed by atoms with Crippen molar-refractivity contribution in [2.45, 2.75) is 57.9 Å². The molecule has 6 nitrogen and oxygen atoms in total. The minimum atomic E-state index is -0.110. The molecular weight excluding hydrogens is 424 g/mol. The van der Waals surface area contributed by atoms with Crippen LogP contribution in [0.2, 0.25) is 0 Å². The van der Waals surface area contributed by atoms with Gasteiger partial charge in [0.25, 0.3) is 11.8 Å². The Balaban J connectivity index is 1.44. The summed E-state index contributed by atoms with van der Waals surface area (Å²) in [5.74, 6) is 0.749. The smallest absolute Gasteiger partial charge is 0.278 e. The minimum absolute atomic E-state index is 0.00746. The zero-order valence-electron chi connectivity index (χ0n) is 20.1. The number of aromatic nitrogens is 1. The highest BCUT2D eigenvalue weighted by molar-refractivity contribution is 6.35. The maximum atomic E-state index is 13.9. The summed E-state index contributed by atoms with van der Waals surface area (Å²) in [5, 5.41) is 0. The van der Waals surface area contributed by atoms with Crippen molar-refractivity contribution in [3.05, 3.63) is 65.5 Å². The van der Waals surface area contributed by atoms with Crippen LogP contribution in [0.5, 0.6) is 0 Å². The predicted molar refractivity (Wildman–Crippen MR) is 134 cm³/mol. The zero-order valence-corrected chi connectivity index (χ0v) is 20.1. The van der Waals surface area contributed by atoms with Crippen LogP contribution < -0.4 is 4.90 Å². The van der Waals surface area contributed by atoms with Crippen molar-refractivity contribution in [1.82, 2.24) is 14.8 Å². The van der Waals surface area contributed by atoms with Gasteiger partial charge in [0.2, 0.25) is 0 Å². The molecule has 0 radical (unpaired) electrons. The summed E-state index contributed by atoms with van der Waals surface area (Å²) in [6.07, 6.45) is 9.44. The van der Waals surface area contributed by atoms with Crippen LogP contribution in [-0.2, 0) is 9.59 Å². The van der Waals surface area contributed by atoms with E-state index in [1.165, 1.54) is 19.3 Å². The second-order valence-electron chi connectivity index (χ2n) is 9.73. The van der Waals surface area contributed by atoms with Crippen molar-refractivity contribution in [1.29, 1.82) is 0 Å². The number of hydrogen-bond donors (Lipinski definition) is 0. The summed E-state index contributed by atoms with van der Waals surface area (Å²) >= 11 is 0. The van der Waals surface area contributed by atoms with Gasteiger partial charge in [-0.15, -0.1) is 0 Å². The molecule has 1 aromatic carbocycles. The van der Waals surface area contributed by atoms with Gasteiger partial charge < -0.3 is 9.80 Å². The van der Waals surface area contributed by atoms with Crippen LogP contribution in [0, 0.1) is 6.92 Å². The van der Waals surface area contributed by atoms with E-state index in [1.807, 2.05) is 55.6 Å². The van der Waals surface area contributed by atoms with Crippen molar-refractivity contribution in [2.75, 3.05) is 31.1 Å². The first-order valence-electron chi connectivity index (χ1n) is 12.7. The number of rotatable bonds is 4. The third-order valence-corrected chi connectivity index (χ3v) is 7.44. The zero-order chi connectivity index (χ0) is 23.5. The van der Waals surface area contributed by atoms with Crippen molar-refractivity contribution in [3.63, 3.8) is 0 Å². The Morgan fingerprint density at radius 1 is 0.765 bits per heavy atom. The summed E-state index contributed by atoms with van der Waals surface area (Å²) in [6.45, 7) is 4.97. The molecular formula is C28H34N4O2. The normalized spacial score (nSPS) is 20.7. The maximum absolute atomic E-state index is 13.9. The first kappa shape index (κ1) is 22.6. The van der Waals surface area contributed by atoms with E-state index in [2.05, 4.69) is 14.8 Å². The van der Waals surface area contributed by atoms with E-state index >= 15 is 0 Å². The second-order valence-corrected chi connectivity index (χ2v) is 9.73. The molecule has 1 saturated heterocycles. The number of pyridine rings is 1. The monoisotopic (exact) mass is 458 g/mol. The van der Waals surface area contributed by atoms with Crippen LogP contribution in [0.4, 0.5) is 5.82 Å². The molecule has 1 aliphatic carbocycles. The lowest BCUT2D eigenvalue weighted by Gasteiger charge is -2.37. The highest BCUT2D eigenvalue weighted by Gasteiger charge is 2.45. The number of piperazine rings is 1. The molecule has 0 bridgehead atoms. The van der Waals surface area contributed by atoms with E-state index in [0.717, 1.165) is 55.7 Å². The van der Waals surface area contributed by atoms with Crippen molar-refractivity contribution in [3.8, 4) is 0 Å². The largest absolute Gasteiger partial charge is 0.363 e. The first-order chi connectivity index (χ1) is 16.6. The van der Waals surface area contributed by atoms with Crippen LogP contribution in [-0.4, -0.2) is 58.8 Å². The molecule has 0 spiro atoms. The Labute approximate surface area is 202 Å². The lowest BCUT2D eigenvalue weighted by Crippen LogP contribution is -2.48. The van der Waals surface area contributed by atoms with Crippen LogP contribution in [0.3, 0.4) is 0 Å². The molecule has 1 aromatic heterocycles. The summed E-state index contributed by atoms with van der Waals surface area (Å²) in [5.41, 5.74) is 3.16. The molecule has 1 saturated carbocycles. The molecule has 34 heavy (non-hydrogen) atoms. The summed E-state index contributed by atoms with van der Waals surface area (Å²) in [7, 11) is 0. The number of amides is 2. The Morgan fingerprint density at radius 2 is 1.41 bits per heavy atom. The molecule has 2 amide bonds. The average molecular weight is 459 g/mol. The highest BCUT2D eigenvalue weighted by atomic mass is 16.2. The number of imide groups is 1. The van der Waals surface area contributed by atoms with E-state index < -0.39 is 0 Å². The van der Waals surface area contributed by atoms with Gasteiger partial charge in [0, 0.05) is 38.4 Å². The van der Waals surface area contributed by atoms with Crippen LogP contribution >= 0.6 is 0 Å². The first-order valence-corrected chi connectivity index (χ1v) is 12.7. The quantitative estimate of drug-likeness (QED) is 0.636.